The van der Waals surface area contributed by atoms with E-state index in [1.54, 1.807) is 0 Å². The molecule has 0 aromatic carbocycles. The van der Waals surface area contributed by atoms with E-state index in [0.717, 1.165) is 38.5 Å². The molecule has 1 saturated carbocycles. The van der Waals surface area contributed by atoms with Crippen molar-refractivity contribution in [1.82, 2.24) is 0 Å². The SMILES string of the molecule is CCCCO[Si](O)(OCCCC)C1CCC1. The summed E-state index contributed by atoms with van der Waals surface area (Å²) in [4.78, 5) is 10.5. The highest BCUT2D eigenvalue weighted by Crippen LogP contribution is 2.40. The molecule has 1 aliphatic rings. The zero-order valence-electron chi connectivity index (χ0n) is 10.7. The van der Waals surface area contributed by atoms with Crippen LogP contribution in [0.3, 0.4) is 0 Å². The van der Waals surface area contributed by atoms with Gasteiger partial charge in [-0.25, -0.2) is 0 Å². The zero-order valence-corrected chi connectivity index (χ0v) is 11.7. The van der Waals surface area contributed by atoms with Crippen LogP contribution in [0.5, 0.6) is 0 Å². The number of hydrogen-bond acceptors (Lipinski definition) is 3. The highest BCUT2D eigenvalue weighted by Gasteiger charge is 2.48. The molecule has 0 bridgehead atoms. The molecule has 96 valence electrons. The van der Waals surface area contributed by atoms with Gasteiger partial charge in [0.25, 0.3) is 0 Å². The number of unbranched alkanes of at least 4 members (excludes halogenated alkanes) is 2. The molecule has 0 aromatic rings. The standard InChI is InChI=1S/C12H26O3Si/c1-3-5-10-14-16(13,12-8-7-9-12)15-11-6-4-2/h12-13H,3-11H2,1-2H3. The van der Waals surface area contributed by atoms with Crippen LogP contribution in [0, 0.1) is 0 Å². The molecule has 16 heavy (non-hydrogen) atoms. The van der Waals surface area contributed by atoms with Crippen LogP contribution >= 0.6 is 0 Å². The molecule has 0 atom stereocenters. The quantitative estimate of drug-likeness (QED) is 0.502. The monoisotopic (exact) mass is 246 g/mol. The molecule has 1 N–H and O–H groups in total. The van der Waals surface area contributed by atoms with Crippen molar-refractivity contribution in [3.63, 3.8) is 0 Å². The lowest BCUT2D eigenvalue weighted by Crippen LogP contribution is -2.50. The van der Waals surface area contributed by atoms with E-state index in [9.17, 15) is 4.80 Å². The summed E-state index contributed by atoms with van der Waals surface area (Å²) in [5.74, 6) is 0. The number of rotatable bonds is 9. The van der Waals surface area contributed by atoms with E-state index in [-0.39, 0.29) is 0 Å². The minimum atomic E-state index is -2.84. The van der Waals surface area contributed by atoms with Gasteiger partial charge < -0.3 is 13.6 Å². The summed E-state index contributed by atoms with van der Waals surface area (Å²) in [6.45, 7) is 5.57. The molecule has 1 aliphatic carbocycles. The maximum atomic E-state index is 10.5. The molecule has 0 aromatic heterocycles. The summed E-state index contributed by atoms with van der Waals surface area (Å²) in [7, 11) is -2.84. The Balaban J connectivity index is 2.33. The van der Waals surface area contributed by atoms with Gasteiger partial charge in [0.1, 0.15) is 0 Å². The van der Waals surface area contributed by atoms with Crippen molar-refractivity contribution in [2.75, 3.05) is 13.2 Å². The average molecular weight is 246 g/mol. The predicted octanol–water partition coefficient (Wildman–Crippen LogP) is 3.11. The second kappa shape index (κ2) is 7.43. The normalized spacial score (nSPS) is 17.4. The van der Waals surface area contributed by atoms with Crippen molar-refractivity contribution in [2.24, 2.45) is 0 Å². The summed E-state index contributed by atoms with van der Waals surface area (Å²) in [6.07, 6.45) is 7.61. The Morgan fingerprint density at radius 3 is 1.88 bits per heavy atom. The van der Waals surface area contributed by atoms with E-state index >= 15 is 0 Å². The van der Waals surface area contributed by atoms with E-state index in [0.29, 0.717) is 18.8 Å². The fourth-order valence-electron chi connectivity index (χ4n) is 1.78. The van der Waals surface area contributed by atoms with E-state index in [1.165, 1.54) is 6.42 Å². The van der Waals surface area contributed by atoms with Crippen LogP contribution in [0.25, 0.3) is 0 Å². The summed E-state index contributed by atoms with van der Waals surface area (Å²) in [6, 6.07) is 0. The topological polar surface area (TPSA) is 38.7 Å². The molecule has 1 rings (SSSR count). The van der Waals surface area contributed by atoms with Gasteiger partial charge in [-0.3, -0.25) is 0 Å². The van der Waals surface area contributed by atoms with Gasteiger partial charge in [0.15, 0.2) is 0 Å². The molecule has 1 fully saturated rings. The lowest BCUT2D eigenvalue weighted by molar-refractivity contribution is 0.0732. The Bertz CT molecular complexity index is 173. The molecule has 3 nitrogen and oxygen atoms in total. The van der Waals surface area contributed by atoms with E-state index in [1.807, 2.05) is 0 Å². The van der Waals surface area contributed by atoms with Crippen LogP contribution < -0.4 is 0 Å². The first-order valence-corrected chi connectivity index (χ1v) is 8.57. The lowest BCUT2D eigenvalue weighted by atomic mass is 10.00. The van der Waals surface area contributed by atoms with Gasteiger partial charge in [-0.15, -0.1) is 0 Å². The molecule has 0 unspecified atom stereocenters. The third-order valence-electron chi connectivity index (χ3n) is 3.23. The highest BCUT2D eigenvalue weighted by atomic mass is 28.4. The fraction of sp³-hybridized carbons (Fsp3) is 1.00. The third-order valence-corrected chi connectivity index (χ3v) is 6.08. The van der Waals surface area contributed by atoms with Crippen LogP contribution in [0.4, 0.5) is 0 Å². The molecule has 0 radical (unpaired) electrons. The van der Waals surface area contributed by atoms with Crippen molar-refractivity contribution in [2.45, 2.75) is 64.3 Å². The van der Waals surface area contributed by atoms with Crippen LogP contribution in [-0.2, 0) is 8.85 Å². The maximum absolute atomic E-state index is 10.5. The predicted molar refractivity (Wildman–Crippen MR) is 67.3 cm³/mol. The van der Waals surface area contributed by atoms with Gasteiger partial charge in [-0.1, -0.05) is 33.1 Å². The van der Waals surface area contributed by atoms with Crippen molar-refractivity contribution < 1.29 is 13.6 Å². The van der Waals surface area contributed by atoms with E-state index in [2.05, 4.69) is 13.8 Å². The molecule has 0 spiro atoms. The van der Waals surface area contributed by atoms with E-state index < -0.39 is 8.80 Å². The highest BCUT2D eigenvalue weighted by molar-refractivity contribution is 6.61. The van der Waals surface area contributed by atoms with Crippen molar-refractivity contribution in [1.29, 1.82) is 0 Å². The summed E-state index contributed by atoms with van der Waals surface area (Å²) >= 11 is 0. The molecule has 0 saturated heterocycles. The minimum absolute atomic E-state index is 0.321. The fourth-order valence-corrected chi connectivity index (χ4v) is 4.34. The largest absolute Gasteiger partial charge is 0.501 e. The summed E-state index contributed by atoms with van der Waals surface area (Å²) in [5, 5.41) is 0. The van der Waals surface area contributed by atoms with Gasteiger partial charge in [-0.05, 0) is 25.7 Å². The molecule has 0 heterocycles. The van der Waals surface area contributed by atoms with Crippen molar-refractivity contribution >= 4 is 8.80 Å². The molecular formula is C12H26O3Si. The first kappa shape index (κ1) is 14.2. The van der Waals surface area contributed by atoms with Gasteiger partial charge >= 0.3 is 8.80 Å². The van der Waals surface area contributed by atoms with Crippen molar-refractivity contribution in [3.8, 4) is 0 Å². The Hall–Kier alpha value is 0.0969. The second-order valence-corrected chi connectivity index (χ2v) is 7.32. The summed E-state index contributed by atoms with van der Waals surface area (Å²) < 4.78 is 11.4. The second-order valence-electron chi connectivity index (χ2n) is 4.66. The first-order valence-electron chi connectivity index (χ1n) is 6.73. The average Bonchev–Trinajstić information content (AvgIpc) is 2.16. The van der Waals surface area contributed by atoms with Crippen LogP contribution in [-0.4, -0.2) is 26.8 Å². The third kappa shape index (κ3) is 4.16. The Morgan fingerprint density at radius 2 is 1.56 bits per heavy atom. The van der Waals surface area contributed by atoms with Crippen molar-refractivity contribution in [3.05, 3.63) is 0 Å². The molecule has 4 heteroatoms. The lowest BCUT2D eigenvalue weighted by Gasteiger charge is -2.36. The molecule has 0 amide bonds. The molecule has 0 aliphatic heterocycles. The van der Waals surface area contributed by atoms with Crippen LogP contribution in [0.15, 0.2) is 0 Å². The Labute approximate surface area is 101 Å². The minimum Gasteiger partial charge on any atom is -0.390 e. The van der Waals surface area contributed by atoms with Crippen LogP contribution in [0.1, 0.15) is 58.8 Å². The first-order chi connectivity index (χ1) is 7.73. The van der Waals surface area contributed by atoms with Gasteiger partial charge in [0.2, 0.25) is 0 Å². The molecular weight excluding hydrogens is 220 g/mol. The van der Waals surface area contributed by atoms with Gasteiger partial charge in [0, 0.05) is 18.8 Å². The Kier molecular flexibility index (Phi) is 6.57. The van der Waals surface area contributed by atoms with Crippen LogP contribution in [0.2, 0.25) is 5.54 Å². The Morgan fingerprint density at radius 1 is 1.06 bits per heavy atom. The number of hydrogen-bond donors (Lipinski definition) is 1. The zero-order chi connectivity index (χ0) is 11.9. The summed E-state index contributed by atoms with van der Waals surface area (Å²) in [5.41, 5.74) is 0.321. The maximum Gasteiger partial charge on any atom is 0.501 e. The van der Waals surface area contributed by atoms with E-state index in [4.69, 9.17) is 8.85 Å². The smallest absolute Gasteiger partial charge is 0.390 e. The van der Waals surface area contributed by atoms with Gasteiger partial charge in [-0.2, -0.15) is 0 Å². The van der Waals surface area contributed by atoms with Gasteiger partial charge in [0.05, 0.1) is 0 Å².